The number of carbonyl (C=O) groups excluding carboxylic acids is 2. The minimum Gasteiger partial charge on any atom is -0.444 e. The third kappa shape index (κ3) is 27.6. The van der Waals surface area contributed by atoms with Gasteiger partial charge in [-0.25, -0.2) is 4.79 Å². The third-order valence-electron chi connectivity index (χ3n) is 11.6. The van der Waals surface area contributed by atoms with Crippen LogP contribution in [0.3, 0.4) is 0 Å². The number of hydrogen-bond donors (Lipinski definition) is 2. The standard InChI is InChI=1S/C50H91N3O5/c1-6-8-10-12-14-16-18-20-22-24-26-31-39-56-43-46(57-40-32-27-25-23-21-19-17-15-13-11-9-7-2)42-52-48(54)47(51-41-44-33-29-28-30-34-44)45-35-37-53(38-36-45)49(55)58-50(3,4)5/h28-30,33-34,45-47,51H,6-27,31-32,35-43H2,1-5H3,(H,52,54)/t46-,47?/m0/s1. The lowest BCUT2D eigenvalue weighted by Crippen LogP contribution is -2.53. The summed E-state index contributed by atoms with van der Waals surface area (Å²) in [5, 5.41) is 6.85. The lowest BCUT2D eigenvalue weighted by atomic mass is 9.88. The van der Waals surface area contributed by atoms with Crippen molar-refractivity contribution in [3.8, 4) is 0 Å². The number of benzene rings is 1. The van der Waals surface area contributed by atoms with Gasteiger partial charge in [-0.3, -0.25) is 4.79 Å². The van der Waals surface area contributed by atoms with E-state index in [0.717, 1.165) is 37.9 Å². The van der Waals surface area contributed by atoms with Crippen LogP contribution in [0.1, 0.15) is 207 Å². The van der Waals surface area contributed by atoms with Crippen molar-refractivity contribution in [3.63, 3.8) is 0 Å². The molecule has 0 spiro atoms. The first kappa shape index (κ1) is 52.0. The number of carbonyl (C=O) groups is 2. The van der Waals surface area contributed by atoms with Crippen molar-refractivity contribution in [1.82, 2.24) is 15.5 Å². The first-order chi connectivity index (χ1) is 28.2. The van der Waals surface area contributed by atoms with Crippen molar-refractivity contribution in [2.45, 2.75) is 226 Å². The number of nitrogens with one attached hydrogen (secondary N) is 2. The zero-order valence-corrected chi connectivity index (χ0v) is 38.4. The van der Waals surface area contributed by atoms with E-state index in [9.17, 15) is 9.59 Å². The summed E-state index contributed by atoms with van der Waals surface area (Å²) in [6, 6.07) is 9.86. The molecule has 2 N–H and O–H groups in total. The van der Waals surface area contributed by atoms with Gasteiger partial charge in [0.05, 0.1) is 18.8 Å². The third-order valence-corrected chi connectivity index (χ3v) is 11.6. The van der Waals surface area contributed by atoms with Gasteiger partial charge in [-0.2, -0.15) is 0 Å². The molecule has 0 radical (unpaired) electrons. The number of nitrogens with zero attached hydrogens (tertiary/aromatic N) is 1. The molecule has 0 aliphatic carbocycles. The molecule has 1 unspecified atom stereocenters. The van der Waals surface area contributed by atoms with Crippen molar-refractivity contribution >= 4 is 12.0 Å². The highest BCUT2D eigenvalue weighted by molar-refractivity contribution is 5.82. The lowest BCUT2D eigenvalue weighted by molar-refractivity contribution is -0.126. The van der Waals surface area contributed by atoms with Crippen molar-refractivity contribution < 1.29 is 23.8 Å². The molecule has 0 aromatic heterocycles. The summed E-state index contributed by atoms with van der Waals surface area (Å²) in [6.07, 6.45) is 32.7. The van der Waals surface area contributed by atoms with Crippen molar-refractivity contribution in [1.29, 1.82) is 0 Å². The number of amides is 2. The highest BCUT2D eigenvalue weighted by Gasteiger charge is 2.34. The first-order valence-electron chi connectivity index (χ1n) is 24.5. The molecule has 1 aliphatic rings. The minimum atomic E-state index is -0.532. The van der Waals surface area contributed by atoms with Gasteiger partial charge in [0.2, 0.25) is 5.91 Å². The number of likely N-dealkylation sites (tertiary alicyclic amines) is 1. The second kappa shape index (κ2) is 34.5. The van der Waals surface area contributed by atoms with Gasteiger partial charge in [-0.05, 0) is 57.9 Å². The summed E-state index contributed by atoms with van der Waals surface area (Å²) in [5.74, 6) is 0.0939. The van der Waals surface area contributed by atoms with E-state index in [1.165, 1.54) is 141 Å². The first-order valence-corrected chi connectivity index (χ1v) is 24.5. The Labute approximate surface area is 357 Å². The molecular weight excluding hydrogens is 723 g/mol. The van der Waals surface area contributed by atoms with Gasteiger partial charge < -0.3 is 29.7 Å². The average Bonchev–Trinajstić information content (AvgIpc) is 3.21. The molecule has 1 aromatic rings. The van der Waals surface area contributed by atoms with E-state index in [2.05, 4.69) is 36.6 Å². The van der Waals surface area contributed by atoms with Crippen molar-refractivity contribution in [2.24, 2.45) is 5.92 Å². The second-order valence-corrected chi connectivity index (χ2v) is 18.2. The van der Waals surface area contributed by atoms with Crippen LogP contribution in [-0.2, 0) is 25.5 Å². The van der Waals surface area contributed by atoms with Gasteiger partial charge in [0, 0.05) is 39.4 Å². The molecule has 1 aromatic carbocycles. The van der Waals surface area contributed by atoms with Crippen LogP contribution in [0.15, 0.2) is 30.3 Å². The smallest absolute Gasteiger partial charge is 0.410 e. The zero-order chi connectivity index (χ0) is 41.9. The van der Waals surface area contributed by atoms with E-state index in [0.29, 0.717) is 39.4 Å². The van der Waals surface area contributed by atoms with Crippen LogP contribution < -0.4 is 10.6 Å². The molecule has 2 rings (SSSR count). The molecule has 1 aliphatic heterocycles. The summed E-state index contributed by atoms with van der Waals surface area (Å²) in [4.78, 5) is 28.5. The van der Waals surface area contributed by atoms with Crippen LogP contribution in [0.4, 0.5) is 4.79 Å². The fraction of sp³-hybridized carbons (Fsp3) is 0.840. The number of rotatable bonds is 36. The molecule has 0 bridgehead atoms. The predicted octanol–water partition coefficient (Wildman–Crippen LogP) is 12.7. The van der Waals surface area contributed by atoms with Crippen LogP contribution in [0, 0.1) is 5.92 Å². The van der Waals surface area contributed by atoms with Crippen LogP contribution >= 0.6 is 0 Å². The summed E-state index contributed by atoms with van der Waals surface area (Å²) in [5.41, 5.74) is 0.608. The fourth-order valence-corrected chi connectivity index (χ4v) is 7.98. The molecule has 8 heteroatoms. The fourth-order valence-electron chi connectivity index (χ4n) is 7.98. The molecule has 1 heterocycles. The lowest BCUT2D eigenvalue weighted by Gasteiger charge is -2.36. The van der Waals surface area contributed by atoms with Gasteiger partial charge in [0.1, 0.15) is 5.60 Å². The van der Waals surface area contributed by atoms with Crippen LogP contribution in [-0.4, -0.2) is 74.1 Å². The number of ether oxygens (including phenoxy) is 3. The number of piperidine rings is 1. The second-order valence-electron chi connectivity index (χ2n) is 18.2. The Bertz CT molecular complexity index is 1100. The van der Waals surface area contributed by atoms with E-state index in [1.807, 2.05) is 39.0 Å². The Hall–Kier alpha value is -2.16. The molecule has 2 amide bonds. The maximum absolute atomic E-state index is 14.0. The van der Waals surface area contributed by atoms with Gasteiger partial charge in [0.25, 0.3) is 0 Å². The van der Waals surface area contributed by atoms with Crippen LogP contribution in [0.5, 0.6) is 0 Å². The van der Waals surface area contributed by atoms with Gasteiger partial charge in [-0.15, -0.1) is 0 Å². The van der Waals surface area contributed by atoms with E-state index in [1.54, 1.807) is 4.90 Å². The van der Waals surface area contributed by atoms with Gasteiger partial charge in [0.15, 0.2) is 0 Å². The maximum Gasteiger partial charge on any atom is 0.410 e. The molecule has 336 valence electrons. The SMILES string of the molecule is CCCCCCCCCCCCCCOC[C@H](CNC(=O)C(NCc1ccccc1)C1CCN(C(=O)OC(C)(C)C)CC1)OCCCCCCCCCCCCCC. The zero-order valence-electron chi connectivity index (χ0n) is 38.4. The Balaban J connectivity index is 1.83. The van der Waals surface area contributed by atoms with E-state index in [-0.39, 0.29) is 30.1 Å². The van der Waals surface area contributed by atoms with E-state index in [4.69, 9.17) is 14.2 Å². The molecule has 58 heavy (non-hydrogen) atoms. The van der Waals surface area contributed by atoms with Crippen molar-refractivity contribution in [3.05, 3.63) is 35.9 Å². The van der Waals surface area contributed by atoms with Gasteiger partial charge >= 0.3 is 6.09 Å². The monoisotopic (exact) mass is 814 g/mol. The summed E-state index contributed by atoms with van der Waals surface area (Å²) >= 11 is 0. The molecule has 0 saturated carbocycles. The highest BCUT2D eigenvalue weighted by atomic mass is 16.6. The van der Waals surface area contributed by atoms with E-state index >= 15 is 0 Å². The number of unbranched alkanes of at least 4 members (excludes halogenated alkanes) is 22. The van der Waals surface area contributed by atoms with E-state index < -0.39 is 5.60 Å². The normalized spacial score (nSPS) is 14.7. The summed E-state index contributed by atoms with van der Waals surface area (Å²) in [7, 11) is 0. The summed E-state index contributed by atoms with van der Waals surface area (Å²) < 4.78 is 18.2. The topological polar surface area (TPSA) is 89.1 Å². The molecule has 8 nitrogen and oxygen atoms in total. The van der Waals surface area contributed by atoms with Crippen molar-refractivity contribution in [2.75, 3.05) is 39.5 Å². The molecule has 1 saturated heterocycles. The summed E-state index contributed by atoms with van der Waals surface area (Å²) in [6.45, 7) is 14.4. The Morgan fingerprint density at radius 2 is 1.14 bits per heavy atom. The largest absolute Gasteiger partial charge is 0.444 e. The average molecular weight is 814 g/mol. The minimum absolute atomic E-state index is 0.00780. The number of hydrogen-bond acceptors (Lipinski definition) is 6. The quantitative estimate of drug-likeness (QED) is 0.0656. The molecule has 1 fully saturated rings. The molecular formula is C50H91N3O5. The van der Waals surface area contributed by atoms with Gasteiger partial charge in [-0.1, -0.05) is 185 Å². The Morgan fingerprint density at radius 3 is 1.62 bits per heavy atom. The predicted molar refractivity (Wildman–Crippen MR) is 243 cm³/mol. The maximum atomic E-state index is 14.0. The molecule has 2 atom stereocenters. The van der Waals surface area contributed by atoms with Crippen LogP contribution in [0.25, 0.3) is 0 Å². The Kier molecular flexibility index (Phi) is 31.0. The highest BCUT2D eigenvalue weighted by Crippen LogP contribution is 2.24. The Morgan fingerprint density at radius 1 is 0.672 bits per heavy atom. The van der Waals surface area contributed by atoms with Crippen LogP contribution in [0.2, 0.25) is 0 Å².